The summed E-state index contributed by atoms with van der Waals surface area (Å²) in [6.07, 6.45) is 6.14. The summed E-state index contributed by atoms with van der Waals surface area (Å²) in [4.78, 5) is 17.6. The summed E-state index contributed by atoms with van der Waals surface area (Å²) >= 11 is 0. The maximum absolute atomic E-state index is 12.9. The molecule has 172 valence electrons. The second kappa shape index (κ2) is 11.8. The number of likely N-dealkylation sites (N-methyl/N-ethyl adjacent to an activating group) is 1. The van der Waals surface area contributed by atoms with E-state index in [9.17, 15) is 4.79 Å². The van der Waals surface area contributed by atoms with Crippen molar-refractivity contribution >= 4 is 12.1 Å². The van der Waals surface area contributed by atoms with Gasteiger partial charge in [0, 0.05) is 17.5 Å². The van der Waals surface area contributed by atoms with Crippen LogP contribution in [0.25, 0.3) is 0 Å². The van der Waals surface area contributed by atoms with Gasteiger partial charge in [-0.05, 0) is 61.6 Å². The van der Waals surface area contributed by atoms with Gasteiger partial charge in [-0.15, -0.1) is 0 Å². The van der Waals surface area contributed by atoms with Gasteiger partial charge in [-0.3, -0.25) is 9.79 Å². The number of carbonyl (C=O) groups excluding carboxylic acids is 1. The summed E-state index contributed by atoms with van der Waals surface area (Å²) in [6.45, 7) is 9.98. The Bertz CT molecular complexity index is 967. The SMILES string of the molecule is CC=N/C(=C\CCC)C(c1cccc(C(=O)NCC[N+](C)(C)C)c1)c1cccc(C)c1C. The zero-order valence-electron chi connectivity index (χ0n) is 20.9. The van der Waals surface area contributed by atoms with Gasteiger partial charge < -0.3 is 9.80 Å². The molecular formula is C28H40N3O+. The number of unbranched alkanes of at least 4 members (excludes halogenated alkanes) is 1. The predicted octanol–water partition coefficient (Wildman–Crippen LogP) is 5.65. The first-order chi connectivity index (χ1) is 15.2. The maximum atomic E-state index is 12.9. The van der Waals surface area contributed by atoms with Gasteiger partial charge in [0.25, 0.3) is 5.91 Å². The number of hydrogen-bond acceptors (Lipinski definition) is 2. The molecule has 2 aromatic carbocycles. The van der Waals surface area contributed by atoms with Gasteiger partial charge in [0.05, 0.1) is 40.2 Å². The summed E-state index contributed by atoms with van der Waals surface area (Å²) in [5.41, 5.74) is 6.58. The Morgan fingerprint density at radius 3 is 2.50 bits per heavy atom. The molecule has 0 aliphatic rings. The smallest absolute Gasteiger partial charge is 0.251 e. The zero-order chi connectivity index (χ0) is 23.7. The molecule has 0 bridgehead atoms. The van der Waals surface area contributed by atoms with Crippen LogP contribution in [-0.2, 0) is 0 Å². The lowest BCUT2D eigenvalue weighted by Gasteiger charge is -2.24. The van der Waals surface area contributed by atoms with Crippen molar-refractivity contribution < 1.29 is 9.28 Å². The second-order valence-electron chi connectivity index (χ2n) is 9.42. The van der Waals surface area contributed by atoms with Gasteiger partial charge in [-0.2, -0.15) is 0 Å². The quantitative estimate of drug-likeness (QED) is 0.381. The first-order valence-corrected chi connectivity index (χ1v) is 11.6. The number of quaternary nitrogens is 1. The van der Waals surface area contributed by atoms with Crippen LogP contribution in [0.15, 0.2) is 59.2 Å². The summed E-state index contributed by atoms with van der Waals surface area (Å²) in [5.74, 6) is -0.0465. The number of benzene rings is 2. The van der Waals surface area contributed by atoms with Crippen molar-refractivity contribution in [2.75, 3.05) is 34.2 Å². The third kappa shape index (κ3) is 7.16. The van der Waals surface area contributed by atoms with Crippen molar-refractivity contribution in [1.29, 1.82) is 0 Å². The highest BCUT2D eigenvalue weighted by molar-refractivity contribution is 5.94. The van der Waals surface area contributed by atoms with Crippen molar-refractivity contribution in [1.82, 2.24) is 5.32 Å². The van der Waals surface area contributed by atoms with Gasteiger partial charge in [-0.1, -0.05) is 49.8 Å². The van der Waals surface area contributed by atoms with Crippen molar-refractivity contribution in [2.45, 2.75) is 46.5 Å². The molecule has 0 aromatic heterocycles. The number of allylic oxidation sites excluding steroid dienone is 2. The van der Waals surface area contributed by atoms with Gasteiger partial charge in [0.2, 0.25) is 0 Å². The fourth-order valence-electron chi connectivity index (χ4n) is 3.75. The Kier molecular flexibility index (Phi) is 9.40. The van der Waals surface area contributed by atoms with E-state index in [1.807, 2.05) is 31.3 Å². The first kappa shape index (κ1) is 25.5. The minimum absolute atomic E-state index is 0.0170. The van der Waals surface area contributed by atoms with E-state index < -0.39 is 0 Å². The van der Waals surface area contributed by atoms with Crippen LogP contribution in [0.2, 0.25) is 0 Å². The van der Waals surface area contributed by atoms with Crippen LogP contribution in [0.4, 0.5) is 0 Å². The molecule has 0 spiro atoms. The monoisotopic (exact) mass is 434 g/mol. The molecule has 32 heavy (non-hydrogen) atoms. The van der Waals surface area contributed by atoms with Crippen LogP contribution in [0.5, 0.6) is 0 Å². The van der Waals surface area contributed by atoms with E-state index >= 15 is 0 Å². The molecular weight excluding hydrogens is 394 g/mol. The summed E-state index contributed by atoms with van der Waals surface area (Å²) < 4.78 is 0.815. The van der Waals surface area contributed by atoms with Crippen molar-refractivity contribution in [3.63, 3.8) is 0 Å². The molecule has 4 nitrogen and oxygen atoms in total. The van der Waals surface area contributed by atoms with E-state index in [-0.39, 0.29) is 11.8 Å². The Labute approximate surface area is 194 Å². The molecule has 0 radical (unpaired) electrons. The predicted molar refractivity (Wildman–Crippen MR) is 137 cm³/mol. The second-order valence-corrected chi connectivity index (χ2v) is 9.42. The van der Waals surface area contributed by atoms with Crippen LogP contribution < -0.4 is 5.32 Å². The van der Waals surface area contributed by atoms with E-state index in [2.05, 4.69) is 77.6 Å². The Morgan fingerprint density at radius 2 is 1.84 bits per heavy atom. The normalized spacial score (nSPS) is 13.4. The van der Waals surface area contributed by atoms with Crippen LogP contribution in [0.1, 0.15) is 65.2 Å². The molecule has 0 aliphatic carbocycles. The number of aliphatic imine (C=N–C) groups is 1. The molecule has 0 fully saturated rings. The summed E-state index contributed by atoms with van der Waals surface area (Å²) in [6, 6.07) is 14.5. The number of nitrogens with one attached hydrogen (secondary N) is 1. The summed E-state index contributed by atoms with van der Waals surface area (Å²) in [7, 11) is 6.37. The van der Waals surface area contributed by atoms with Crippen molar-refractivity contribution in [3.8, 4) is 0 Å². The van der Waals surface area contributed by atoms with E-state index in [0.717, 1.165) is 35.1 Å². The summed E-state index contributed by atoms with van der Waals surface area (Å²) in [5, 5.41) is 3.07. The Morgan fingerprint density at radius 1 is 1.12 bits per heavy atom. The van der Waals surface area contributed by atoms with Crippen LogP contribution >= 0.6 is 0 Å². The first-order valence-electron chi connectivity index (χ1n) is 11.6. The molecule has 1 atom stereocenters. The van der Waals surface area contributed by atoms with Gasteiger partial charge in [0.1, 0.15) is 0 Å². The maximum Gasteiger partial charge on any atom is 0.251 e. The number of rotatable bonds is 10. The molecule has 0 heterocycles. The number of amides is 1. The number of nitrogens with zero attached hydrogens (tertiary/aromatic N) is 2. The highest BCUT2D eigenvalue weighted by Crippen LogP contribution is 2.36. The topological polar surface area (TPSA) is 41.5 Å². The van der Waals surface area contributed by atoms with E-state index in [4.69, 9.17) is 4.99 Å². The third-order valence-electron chi connectivity index (χ3n) is 5.72. The van der Waals surface area contributed by atoms with E-state index in [0.29, 0.717) is 12.1 Å². The fraction of sp³-hybridized carbons (Fsp3) is 0.429. The van der Waals surface area contributed by atoms with Gasteiger partial charge >= 0.3 is 0 Å². The molecule has 2 rings (SSSR count). The van der Waals surface area contributed by atoms with Crippen LogP contribution in [0.3, 0.4) is 0 Å². The lowest BCUT2D eigenvalue weighted by molar-refractivity contribution is -0.869. The molecule has 0 aliphatic heterocycles. The van der Waals surface area contributed by atoms with Crippen LogP contribution in [0, 0.1) is 13.8 Å². The number of carbonyl (C=O) groups is 1. The average Bonchev–Trinajstić information content (AvgIpc) is 2.74. The largest absolute Gasteiger partial charge is 0.346 e. The average molecular weight is 435 g/mol. The number of hydrogen-bond donors (Lipinski definition) is 1. The van der Waals surface area contributed by atoms with Crippen LogP contribution in [-0.4, -0.2) is 50.8 Å². The van der Waals surface area contributed by atoms with Gasteiger partial charge in [0.15, 0.2) is 0 Å². The molecule has 4 heteroatoms. The molecule has 1 N–H and O–H groups in total. The minimum atomic E-state index is -0.0295. The van der Waals surface area contributed by atoms with Crippen molar-refractivity contribution in [3.05, 3.63) is 82.1 Å². The minimum Gasteiger partial charge on any atom is -0.346 e. The highest BCUT2D eigenvalue weighted by Gasteiger charge is 2.22. The molecule has 1 unspecified atom stereocenters. The molecule has 0 saturated heterocycles. The van der Waals surface area contributed by atoms with Crippen molar-refractivity contribution in [2.24, 2.45) is 4.99 Å². The van der Waals surface area contributed by atoms with E-state index in [1.54, 1.807) is 0 Å². The Balaban J connectivity index is 2.49. The molecule has 2 aromatic rings. The fourth-order valence-corrected chi connectivity index (χ4v) is 3.75. The van der Waals surface area contributed by atoms with E-state index in [1.165, 1.54) is 16.7 Å². The lowest BCUT2D eigenvalue weighted by atomic mass is 9.83. The zero-order valence-corrected chi connectivity index (χ0v) is 20.9. The lowest BCUT2D eigenvalue weighted by Crippen LogP contribution is -2.41. The molecule has 1 amide bonds. The standard InChI is InChI=1S/C28H39N3O/c1-8-10-17-26(29-9-2)27(25-16-11-13-21(3)22(25)4)23-14-12-15-24(20-23)28(32)30-18-19-31(5,6)7/h9,11-17,20,27H,8,10,18-19H2,1-7H3/p+1/b26-17-,29-9?. The number of aryl methyl sites for hydroxylation is 1. The highest BCUT2D eigenvalue weighted by atomic mass is 16.1. The Hall–Kier alpha value is -2.72. The van der Waals surface area contributed by atoms with Gasteiger partial charge in [-0.25, -0.2) is 0 Å². The third-order valence-corrected chi connectivity index (χ3v) is 5.72. The molecule has 0 saturated carbocycles.